The normalized spacial score (nSPS) is 16.0. The van der Waals surface area contributed by atoms with Gasteiger partial charge in [0.15, 0.2) is 0 Å². The fourth-order valence-corrected chi connectivity index (χ4v) is 3.72. The van der Waals surface area contributed by atoms with Crippen LogP contribution in [0.1, 0.15) is 44.2 Å². The maximum absolute atomic E-state index is 12.6. The summed E-state index contributed by atoms with van der Waals surface area (Å²) in [5, 5.41) is 7.66. The fourth-order valence-electron chi connectivity index (χ4n) is 3.51. The third kappa shape index (κ3) is 5.55. The second-order valence-electron chi connectivity index (χ2n) is 7.27. The summed E-state index contributed by atoms with van der Waals surface area (Å²) in [7, 11) is 0. The highest BCUT2D eigenvalue weighted by Gasteiger charge is 2.27. The van der Waals surface area contributed by atoms with E-state index in [4.69, 9.17) is 11.6 Å². The van der Waals surface area contributed by atoms with Crippen molar-refractivity contribution in [3.8, 4) is 0 Å². The average molecular weight is 404 g/mol. The molecular formula is C20H26ClN5O2. The van der Waals surface area contributed by atoms with Gasteiger partial charge in [-0.3, -0.25) is 9.59 Å². The van der Waals surface area contributed by atoms with E-state index in [0.717, 1.165) is 37.9 Å². The van der Waals surface area contributed by atoms with Crippen molar-refractivity contribution < 1.29 is 9.59 Å². The molecule has 2 amide bonds. The quantitative estimate of drug-likeness (QED) is 0.770. The lowest BCUT2D eigenvalue weighted by Gasteiger charge is -2.33. The molecule has 0 radical (unpaired) electrons. The Bertz CT molecular complexity index is 788. The molecule has 0 spiro atoms. The van der Waals surface area contributed by atoms with E-state index >= 15 is 0 Å². The minimum atomic E-state index is -0.337. The van der Waals surface area contributed by atoms with Gasteiger partial charge in [-0.15, -0.1) is 0 Å². The van der Waals surface area contributed by atoms with Gasteiger partial charge in [-0.25, -0.2) is 9.67 Å². The Morgan fingerprint density at radius 1 is 1.32 bits per heavy atom. The van der Waals surface area contributed by atoms with Gasteiger partial charge in [-0.2, -0.15) is 5.10 Å². The van der Waals surface area contributed by atoms with Gasteiger partial charge in [0.2, 0.25) is 11.8 Å². The summed E-state index contributed by atoms with van der Waals surface area (Å²) in [4.78, 5) is 30.5. The molecule has 1 saturated heterocycles. The van der Waals surface area contributed by atoms with E-state index in [1.807, 2.05) is 36.1 Å². The first-order valence-corrected chi connectivity index (χ1v) is 10.0. The van der Waals surface area contributed by atoms with Crippen LogP contribution in [0.4, 0.5) is 0 Å². The van der Waals surface area contributed by atoms with Gasteiger partial charge >= 0.3 is 0 Å². The lowest BCUT2D eigenvalue weighted by molar-refractivity contribution is -0.136. The Morgan fingerprint density at radius 3 is 2.79 bits per heavy atom. The molecule has 1 aliphatic heterocycles. The zero-order chi connectivity index (χ0) is 19.9. The number of nitrogens with zero attached hydrogens (tertiary/aromatic N) is 4. The Morgan fingerprint density at radius 2 is 2.11 bits per heavy atom. The highest BCUT2D eigenvalue weighted by molar-refractivity contribution is 6.30. The highest BCUT2D eigenvalue weighted by Crippen LogP contribution is 2.23. The number of nitrogens with one attached hydrogen (secondary N) is 1. The summed E-state index contributed by atoms with van der Waals surface area (Å²) in [5.41, 5.74) is 0.995. The van der Waals surface area contributed by atoms with Crippen LogP contribution in [-0.2, 0) is 16.1 Å². The van der Waals surface area contributed by atoms with Crippen LogP contribution in [0, 0.1) is 5.92 Å². The van der Waals surface area contributed by atoms with Crippen LogP contribution in [0.5, 0.6) is 0 Å². The molecule has 28 heavy (non-hydrogen) atoms. The number of hydrogen-bond acceptors (Lipinski definition) is 4. The number of rotatable bonds is 7. The van der Waals surface area contributed by atoms with E-state index in [2.05, 4.69) is 15.4 Å². The molecule has 0 unspecified atom stereocenters. The smallest absolute Gasteiger partial charge is 0.247 e. The van der Waals surface area contributed by atoms with Gasteiger partial charge in [0.05, 0.1) is 0 Å². The molecule has 1 fully saturated rings. The monoisotopic (exact) mass is 403 g/mol. The summed E-state index contributed by atoms with van der Waals surface area (Å²) >= 11 is 5.96. The standard InChI is InChI=1S/C20H26ClN5O2/c1-15(26-14-22-13-24-26)20(28)25-9-7-16(8-10-25)5-6-19(27)23-12-17-3-2-4-18(21)11-17/h2-4,11,13-16H,5-10,12H2,1H3,(H,23,27)/t15-/m0/s1. The van der Waals surface area contributed by atoms with E-state index in [1.54, 1.807) is 11.0 Å². The van der Waals surface area contributed by atoms with Crippen LogP contribution in [0.3, 0.4) is 0 Å². The molecule has 1 aromatic heterocycles. The third-order valence-corrected chi connectivity index (χ3v) is 5.51. The number of amides is 2. The number of benzene rings is 1. The maximum Gasteiger partial charge on any atom is 0.247 e. The number of aromatic nitrogens is 3. The maximum atomic E-state index is 12.6. The van der Waals surface area contributed by atoms with Crippen LogP contribution >= 0.6 is 11.6 Å². The molecule has 1 aromatic carbocycles. The van der Waals surface area contributed by atoms with Gasteiger partial charge in [0.25, 0.3) is 0 Å². The lowest BCUT2D eigenvalue weighted by Crippen LogP contribution is -2.42. The minimum Gasteiger partial charge on any atom is -0.352 e. The average Bonchev–Trinajstić information content (AvgIpc) is 3.25. The molecule has 1 atom stereocenters. The molecule has 1 aliphatic rings. The van der Waals surface area contributed by atoms with E-state index in [-0.39, 0.29) is 17.9 Å². The van der Waals surface area contributed by atoms with Crippen molar-refractivity contribution in [2.24, 2.45) is 5.92 Å². The number of piperidine rings is 1. The molecule has 0 bridgehead atoms. The van der Waals surface area contributed by atoms with Gasteiger partial charge in [0.1, 0.15) is 18.7 Å². The van der Waals surface area contributed by atoms with Crippen LogP contribution in [0.25, 0.3) is 0 Å². The number of hydrogen-bond donors (Lipinski definition) is 1. The minimum absolute atomic E-state index is 0.0540. The largest absolute Gasteiger partial charge is 0.352 e. The zero-order valence-electron chi connectivity index (χ0n) is 16.1. The zero-order valence-corrected chi connectivity index (χ0v) is 16.8. The first kappa shape index (κ1) is 20.3. The Hall–Kier alpha value is -2.41. The van der Waals surface area contributed by atoms with Crippen molar-refractivity contribution in [3.63, 3.8) is 0 Å². The number of likely N-dealkylation sites (tertiary alicyclic amines) is 1. The van der Waals surface area contributed by atoms with Crippen LogP contribution < -0.4 is 5.32 Å². The van der Waals surface area contributed by atoms with Crippen molar-refractivity contribution in [2.45, 2.75) is 45.2 Å². The van der Waals surface area contributed by atoms with Crippen molar-refractivity contribution in [2.75, 3.05) is 13.1 Å². The Balaban J connectivity index is 1.36. The third-order valence-electron chi connectivity index (χ3n) is 5.28. The summed E-state index contributed by atoms with van der Waals surface area (Å²) in [5.74, 6) is 0.601. The van der Waals surface area contributed by atoms with Crippen LogP contribution in [0.2, 0.25) is 5.02 Å². The van der Waals surface area contributed by atoms with Gasteiger partial charge in [-0.05, 0) is 49.8 Å². The van der Waals surface area contributed by atoms with Gasteiger partial charge in [-0.1, -0.05) is 23.7 Å². The lowest BCUT2D eigenvalue weighted by atomic mass is 9.91. The summed E-state index contributed by atoms with van der Waals surface area (Å²) < 4.78 is 1.58. The Labute approximate surface area is 170 Å². The van der Waals surface area contributed by atoms with Crippen molar-refractivity contribution in [1.29, 1.82) is 0 Å². The molecule has 1 N–H and O–H groups in total. The fraction of sp³-hybridized carbons (Fsp3) is 0.500. The SMILES string of the molecule is C[C@@H](C(=O)N1CCC(CCC(=O)NCc2cccc(Cl)c2)CC1)n1cncn1. The topological polar surface area (TPSA) is 80.1 Å². The van der Waals surface area contributed by atoms with Crippen molar-refractivity contribution in [1.82, 2.24) is 25.0 Å². The first-order valence-electron chi connectivity index (χ1n) is 9.67. The van der Waals surface area contributed by atoms with E-state index in [0.29, 0.717) is 23.9 Å². The van der Waals surface area contributed by atoms with Crippen LogP contribution in [-0.4, -0.2) is 44.6 Å². The summed E-state index contributed by atoms with van der Waals surface area (Å²) in [6, 6.07) is 7.16. The predicted molar refractivity (Wildman–Crippen MR) is 107 cm³/mol. The number of carbonyl (C=O) groups is 2. The highest BCUT2D eigenvalue weighted by atomic mass is 35.5. The molecule has 0 saturated carbocycles. The first-order chi connectivity index (χ1) is 13.5. The van der Waals surface area contributed by atoms with Gasteiger partial charge < -0.3 is 10.2 Å². The number of carbonyl (C=O) groups excluding carboxylic acids is 2. The van der Waals surface area contributed by atoms with E-state index in [1.165, 1.54) is 6.33 Å². The molecule has 2 aromatic rings. The summed E-state index contributed by atoms with van der Waals surface area (Å²) in [6.07, 6.45) is 6.22. The molecule has 2 heterocycles. The second kappa shape index (κ2) is 9.68. The van der Waals surface area contributed by atoms with E-state index in [9.17, 15) is 9.59 Å². The molecule has 150 valence electrons. The molecule has 0 aliphatic carbocycles. The second-order valence-corrected chi connectivity index (χ2v) is 7.70. The van der Waals surface area contributed by atoms with Gasteiger partial charge in [0, 0.05) is 31.1 Å². The van der Waals surface area contributed by atoms with Crippen molar-refractivity contribution in [3.05, 3.63) is 47.5 Å². The van der Waals surface area contributed by atoms with Crippen LogP contribution in [0.15, 0.2) is 36.9 Å². The Kier molecular flexibility index (Phi) is 7.03. The molecule has 8 heteroatoms. The molecule has 7 nitrogen and oxygen atoms in total. The van der Waals surface area contributed by atoms with Crippen molar-refractivity contribution >= 4 is 23.4 Å². The number of halogens is 1. The molecule has 3 rings (SSSR count). The van der Waals surface area contributed by atoms with E-state index < -0.39 is 0 Å². The molecular weight excluding hydrogens is 378 g/mol. The predicted octanol–water partition coefficient (Wildman–Crippen LogP) is 2.83. The summed E-state index contributed by atoms with van der Waals surface area (Å²) in [6.45, 7) is 3.79.